The fourth-order valence-electron chi connectivity index (χ4n) is 0.759. The molecule has 4 nitrogen and oxygen atoms in total. The first-order valence-electron chi connectivity index (χ1n) is 3.04. The standard InChI is InChI=1S/C6H5FINO3S/c7-4-1-2-5(8-10)6(3-4)13(9,11)12/h1-3H,(H2,9,11,12). The Morgan fingerprint density at radius 1 is 1.38 bits per heavy atom. The van der Waals surface area contributed by atoms with Crippen LogP contribution < -0.4 is 5.14 Å². The molecule has 0 saturated heterocycles. The van der Waals surface area contributed by atoms with E-state index in [1.165, 1.54) is 0 Å². The first-order chi connectivity index (χ1) is 5.95. The molecule has 0 heterocycles. The maximum absolute atomic E-state index is 12.6. The summed E-state index contributed by atoms with van der Waals surface area (Å²) in [6.45, 7) is 0. The SMILES string of the molecule is NS(=O)(=O)c1cc(F)ccc1I=O. The summed E-state index contributed by atoms with van der Waals surface area (Å²) in [7, 11) is -3.98. The quantitative estimate of drug-likeness (QED) is 0.825. The summed E-state index contributed by atoms with van der Waals surface area (Å²) < 4.78 is 45.0. The van der Waals surface area contributed by atoms with Crippen molar-refractivity contribution in [1.82, 2.24) is 0 Å². The highest BCUT2D eigenvalue weighted by atomic mass is 127. The molecular formula is C6H5FINO3S. The Labute approximate surface area is 84.6 Å². The Morgan fingerprint density at radius 2 is 2.00 bits per heavy atom. The van der Waals surface area contributed by atoms with E-state index in [2.05, 4.69) is 0 Å². The molecule has 1 rings (SSSR count). The van der Waals surface area contributed by atoms with Crippen LogP contribution in [0.2, 0.25) is 0 Å². The van der Waals surface area contributed by atoms with Gasteiger partial charge in [0.2, 0.25) is 10.0 Å². The minimum Gasteiger partial charge on any atom is -0.265 e. The van der Waals surface area contributed by atoms with Crippen LogP contribution in [-0.2, 0) is 13.1 Å². The minimum absolute atomic E-state index is 0.0858. The van der Waals surface area contributed by atoms with Crippen LogP contribution in [-0.4, -0.2) is 8.42 Å². The van der Waals surface area contributed by atoms with E-state index in [9.17, 15) is 15.9 Å². The van der Waals surface area contributed by atoms with Gasteiger partial charge in [0.1, 0.15) is 10.7 Å². The molecule has 0 spiro atoms. The smallest absolute Gasteiger partial charge is 0.239 e. The van der Waals surface area contributed by atoms with Crippen molar-refractivity contribution >= 4 is 31.2 Å². The number of halogens is 2. The van der Waals surface area contributed by atoms with Crippen LogP contribution in [0.5, 0.6) is 0 Å². The predicted molar refractivity (Wildman–Crippen MR) is 51.2 cm³/mol. The Kier molecular flexibility index (Phi) is 3.09. The van der Waals surface area contributed by atoms with E-state index in [1.807, 2.05) is 0 Å². The molecule has 0 radical (unpaired) electrons. The molecule has 0 aliphatic carbocycles. The second-order valence-electron chi connectivity index (χ2n) is 2.20. The maximum atomic E-state index is 12.6. The van der Waals surface area contributed by atoms with Crippen molar-refractivity contribution in [2.24, 2.45) is 5.14 Å². The first kappa shape index (κ1) is 10.7. The summed E-state index contributed by atoms with van der Waals surface area (Å²) in [6.07, 6.45) is 0. The second-order valence-corrected chi connectivity index (χ2v) is 5.33. The average Bonchev–Trinajstić information content (AvgIpc) is 2.03. The molecule has 0 fully saturated rings. The topological polar surface area (TPSA) is 77.2 Å². The summed E-state index contributed by atoms with van der Waals surface area (Å²) in [6, 6.07) is 2.97. The fourth-order valence-corrected chi connectivity index (χ4v) is 3.21. The molecule has 7 heteroatoms. The fraction of sp³-hybridized carbons (Fsp3) is 0. The van der Waals surface area contributed by atoms with Gasteiger partial charge in [-0.3, -0.25) is 3.07 Å². The van der Waals surface area contributed by atoms with Gasteiger partial charge in [0.25, 0.3) is 0 Å². The molecule has 0 aliphatic heterocycles. The van der Waals surface area contributed by atoms with Crippen LogP contribution in [0.4, 0.5) is 4.39 Å². The van der Waals surface area contributed by atoms with Gasteiger partial charge in [-0.1, -0.05) is 0 Å². The van der Waals surface area contributed by atoms with Crippen molar-refractivity contribution < 1.29 is 15.9 Å². The van der Waals surface area contributed by atoms with Gasteiger partial charge < -0.3 is 0 Å². The van der Waals surface area contributed by atoms with Crippen molar-refractivity contribution in [2.45, 2.75) is 4.90 Å². The Balaban J connectivity index is 3.50. The highest BCUT2D eigenvalue weighted by Crippen LogP contribution is 2.20. The van der Waals surface area contributed by atoms with E-state index in [0.717, 1.165) is 18.2 Å². The lowest BCUT2D eigenvalue weighted by molar-refractivity contribution is 0.591. The van der Waals surface area contributed by atoms with E-state index < -0.39 is 41.9 Å². The van der Waals surface area contributed by atoms with E-state index in [0.29, 0.717) is 0 Å². The third-order valence-corrected chi connectivity index (χ3v) is 4.01. The third-order valence-electron chi connectivity index (χ3n) is 1.28. The summed E-state index contributed by atoms with van der Waals surface area (Å²) in [5.74, 6) is -0.717. The van der Waals surface area contributed by atoms with Gasteiger partial charge in [0, 0.05) is 0 Å². The summed E-state index contributed by atoms with van der Waals surface area (Å²) >= 11 is -1.67. The van der Waals surface area contributed by atoms with Crippen molar-refractivity contribution in [3.05, 3.63) is 27.6 Å². The predicted octanol–water partition coefficient (Wildman–Crippen LogP) is 0.959. The zero-order chi connectivity index (χ0) is 10.1. The molecule has 1 aromatic rings. The van der Waals surface area contributed by atoms with Crippen molar-refractivity contribution in [3.63, 3.8) is 0 Å². The molecule has 0 aliphatic rings. The normalized spacial score (nSPS) is 11.5. The number of hydrogen-bond donors (Lipinski definition) is 1. The van der Waals surface area contributed by atoms with Gasteiger partial charge in [0.15, 0.2) is 21.2 Å². The molecule has 0 bridgehead atoms. The Hall–Kier alpha value is -0.410. The third kappa shape index (κ3) is 2.51. The number of hydrogen-bond acceptors (Lipinski definition) is 3. The van der Waals surface area contributed by atoms with Gasteiger partial charge in [0.05, 0.1) is 3.57 Å². The Morgan fingerprint density at radius 3 is 2.46 bits per heavy atom. The summed E-state index contributed by atoms with van der Waals surface area (Å²) in [5, 5.41) is 4.79. The van der Waals surface area contributed by atoms with Gasteiger partial charge in [-0.15, -0.1) is 0 Å². The number of sulfonamides is 1. The molecule has 0 amide bonds. The first-order valence-corrected chi connectivity index (χ1v) is 6.55. The van der Waals surface area contributed by atoms with Crippen molar-refractivity contribution in [3.8, 4) is 0 Å². The second kappa shape index (κ2) is 3.76. The molecule has 1 aromatic carbocycles. The van der Waals surface area contributed by atoms with E-state index in [-0.39, 0.29) is 3.57 Å². The summed E-state index contributed by atoms with van der Waals surface area (Å²) in [5.41, 5.74) is 0. The Bertz CT molecular complexity index is 445. The van der Waals surface area contributed by atoms with Crippen molar-refractivity contribution in [2.75, 3.05) is 0 Å². The molecule has 2 N–H and O–H groups in total. The number of nitrogens with two attached hydrogens (primary N) is 1. The van der Waals surface area contributed by atoms with Crippen LogP contribution in [0, 0.1) is 9.39 Å². The number of rotatable bonds is 2. The maximum Gasteiger partial charge on any atom is 0.239 e. The molecule has 0 unspecified atom stereocenters. The average molecular weight is 317 g/mol. The van der Waals surface area contributed by atoms with Crippen LogP contribution in [0.15, 0.2) is 23.1 Å². The molecule has 0 saturated carbocycles. The van der Waals surface area contributed by atoms with Crippen LogP contribution in [0.3, 0.4) is 0 Å². The van der Waals surface area contributed by atoms with E-state index in [4.69, 9.17) is 5.14 Å². The van der Waals surface area contributed by atoms with E-state index >= 15 is 0 Å². The van der Waals surface area contributed by atoms with Gasteiger partial charge in [-0.05, 0) is 18.2 Å². The molecule has 0 atom stereocenters. The highest BCUT2D eigenvalue weighted by Gasteiger charge is 2.14. The molecule has 13 heavy (non-hydrogen) atoms. The largest absolute Gasteiger partial charge is 0.265 e. The van der Waals surface area contributed by atoms with Gasteiger partial charge in [-0.25, -0.2) is 17.9 Å². The lowest BCUT2D eigenvalue weighted by Crippen LogP contribution is -2.14. The lowest BCUT2D eigenvalue weighted by atomic mass is 10.3. The highest BCUT2D eigenvalue weighted by molar-refractivity contribution is 14.1. The van der Waals surface area contributed by atoms with Crippen LogP contribution >= 0.6 is 21.2 Å². The zero-order valence-corrected chi connectivity index (χ0v) is 9.17. The molecular weight excluding hydrogens is 312 g/mol. The van der Waals surface area contributed by atoms with Gasteiger partial charge in [-0.2, -0.15) is 0 Å². The van der Waals surface area contributed by atoms with Gasteiger partial charge >= 0.3 is 0 Å². The lowest BCUT2D eigenvalue weighted by Gasteiger charge is -1.99. The molecule has 72 valence electrons. The number of primary sulfonamides is 1. The summed E-state index contributed by atoms with van der Waals surface area (Å²) in [4.78, 5) is -0.393. The van der Waals surface area contributed by atoms with Crippen LogP contribution in [0.1, 0.15) is 0 Å². The molecule has 0 aromatic heterocycles. The van der Waals surface area contributed by atoms with E-state index in [1.54, 1.807) is 0 Å². The number of benzene rings is 1. The van der Waals surface area contributed by atoms with Crippen LogP contribution in [0.25, 0.3) is 0 Å². The minimum atomic E-state index is -3.98. The zero-order valence-electron chi connectivity index (χ0n) is 6.20. The monoisotopic (exact) mass is 317 g/mol. The van der Waals surface area contributed by atoms with Crippen molar-refractivity contribution in [1.29, 1.82) is 0 Å².